The number of nitrogens with one attached hydrogen (secondary N) is 1. The van der Waals surface area contributed by atoms with Gasteiger partial charge in [-0.3, -0.25) is 4.79 Å². The highest BCUT2D eigenvalue weighted by molar-refractivity contribution is 7.98. The van der Waals surface area contributed by atoms with Crippen molar-refractivity contribution in [1.82, 2.24) is 0 Å². The quantitative estimate of drug-likeness (QED) is 0.340. The Morgan fingerprint density at radius 2 is 1.73 bits per heavy atom. The lowest BCUT2D eigenvalue weighted by Crippen LogP contribution is -2.65. The summed E-state index contributed by atoms with van der Waals surface area (Å²) >= 11 is 1.10. The Labute approximate surface area is 188 Å². The van der Waals surface area contributed by atoms with Crippen LogP contribution in [0.25, 0.3) is 10.8 Å². The Hall–Kier alpha value is -2.47. The number of Topliss-reactive ketones (excluding diaryl/α,β-unsaturated/α-hetero) is 1. The molecule has 1 heterocycles. The molecule has 2 N–H and O–H groups in total. The smallest absolute Gasteiger partial charge is 0.454 e. The molecule has 5 nitrogen and oxygen atoms in total. The molecule has 0 aromatic heterocycles. The highest BCUT2D eigenvalue weighted by Crippen LogP contribution is 2.58. The first-order valence-corrected chi connectivity index (χ1v) is 11.1. The lowest BCUT2D eigenvalue weighted by molar-refractivity contribution is -0.284. The molecule has 0 fully saturated rings. The molecule has 2 aromatic rings. The number of aliphatic hydroxyl groups is 1. The second-order valence-corrected chi connectivity index (χ2v) is 8.41. The van der Waals surface area contributed by atoms with E-state index in [0.29, 0.717) is 6.07 Å². The number of halogens is 6. The molecule has 0 radical (unpaired) electrons. The van der Waals surface area contributed by atoms with Gasteiger partial charge in [0, 0.05) is 22.2 Å². The molecule has 0 saturated heterocycles. The molecule has 2 atom stereocenters. The average Bonchev–Trinajstić information content (AvgIpc) is 3.01. The highest BCUT2D eigenvalue weighted by Gasteiger charge is 2.75. The van der Waals surface area contributed by atoms with Crippen molar-refractivity contribution in [3.05, 3.63) is 41.5 Å². The van der Waals surface area contributed by atoms with E-state index in [1.165, 1.54) is 25.1 Å². The first-order chi connectivity index (χ1) is 15.3. The summed E-state index contributed by atoms with van der Waals surface area (Å²) in [7, 11) is 0. The zero-order valence-corrected chi connectivity index (χ0v) is 18.2. The van der Waals surface area contributed by atoms with Crippen LogP contribution >= 0.6 is 11.8 Å². The van der Waals surface area contributed by atoms with E-state index < -0.39 is 58.5 Å². The van der Waals surface area contributed by atoms with Crippen LogP contribution in [0.1, 0.15) is 29.3 Å². The summed E-state index contributed by atoms with van der Waals surface area (Å²) in [5, 5.41) is 13.2. The van der Waals surface area contributed by atoms with Crippen molar-refractivity contribution in [2.24, 2.45) is 0 Å². The van der Waals surface area contributed by atoms with Gasteiger partial charge >= 0.3 is 18.3 Å². The van der Waals surface area contributed by atoms with Crippen LogP contribution in [0.5, 0.6) is 0 Å². The second kappa shape index (κ2) is 8.39. The molecule has 0 bridgehead atoms. The van der Waals surface area contributed by atoms with Gasteiger partial charge in [-0.2, -0.15) is 38.1 Å². The SMILES string of the molecule is CCOC(=O)C1(CCSC)Nc2c(cc(C(=O)C(F)(F)F)c3ccccc23)C1(O)C(F)(F)F. The van der Waals surface area contributed by atoms with E-state index in [1.807, 2.05) is 0 Å². The molecule has 2 unspecified atom stereocenters. The Kier molecular flexibility index (Phi) is 6.40. The minimum Gasteiger partial charge on any atom is -0.464 e. The summed E-state index contributed by atoms with van der Waals surface area (Å²) in [6, 6.07) is 5.40. The van der Waals surface area contributed by atoms with Gasteiger partial charge in [0.25, 0.3) is 5.78 Å². The van der Waals surface area contributed by atoms with Gasteiger partial charge in [-0.05, 0) is 36.8 Å². The predicted octanol–water partition coefficient (Wildman–Crippen LogP) is 4.82. The molecule has 180 valence electrons. The number of rotatable bonds is 6. The number of carbonyl (C=O) groups is 2. The van der Waals surface area contributed by atoms with Crippen molar-refractivity contribution in [2.75, 3.05) is 23.9 Å². The van der Waals surface area contributed by atoms with Crippen molar-refractivity contribution < 1.29 is 45.8 Å². The summed E-state index contributed by atoms with van der Waals surface area (Å²) in [6.45, 7) is 1.06. The first-order valence-electron chi connectivity index (χ1n) is 9.67. The van der Waals surface area contributed by atoms with Gasteiger partial charge in [0.1, 0.15) is 0 Å². The number of benzene rings is 2. The third kappa shape index (κ3) is 3.72. The molecular weight excluding hydrogens is 476 g/mol. The molecule has 0 aliphatic carbocycles. The van der Waals surface area contributed by atoms with E-state index in [4.69, 9.17) is 4.74 Å². The maximum Gasteiger partial charge on any atom is 0.454 e. The molecule has 12 heteroatoms. The van der Waals surface area contributed by atoms with E-state index in [2.05, 4.69) is 5.32 Å². The third-order valence-electron chi connectivity index (χ3n) is 5.61. The maximum absolute atomic E-state index is 14.5. The predicted molar refractivity (Wildman–Crippen MR) is 110 cm³/mol. The van der Waals surface area contributed by atoms with Crippen molar-refractivity contribution in [3.8, 4) is 0 Å². The largest absolute Gasteiger partial charge is 0.464 e. The number of anilines is 1. The standard InChI is InChI=1S/C21H19F6NO4S/c1-3-32-17(30)18(8-9-33-2)19(31,21(25,26)27)14-10-13(16(29)20(22,23)24)11-6-4-5-7-12(11)15(14)28-18/h4-7,10,28,31H,3,8-9H2,1-2H3. The minimum absolute atomic E-state index is 0.0233. The molecule has 33 heavy (non-hydrogen) atoms. The van der Waals surface area contributed by atoms with Crippen molar-refractivity contribution in [3.63, 3.8) is 0 Å². The second-order valence-electron chi connectivity index (χ2n) is 7.42. The fourth-order valence-electron chi connectivity index (χ4n) is 4.12. The van der Waals surface area contributed by atoms with Crippen molar-refractivity contribution >= 4 is 40.0 Å². The van der Waals surface area contributed by atoms with Crippen LogP contribution in [0.3, 0.4) is 0 Å². The summed E-state index contributed by atoms with van der Waals surface area (Å²) in [6.07, 6.45) is -9.88. The highest BCUT2D eigenvalue weighted by atomic mass is 32.2. The van der Waals surface area contributed by atoms with Gasteiger partial charge in [-0.1, -0.05) is 24.3 Å². The van der Waals surface area contributed by atoms with Gasteiger partial charge in [0.05, 0.1) is 6.61 Å². The summed E-state index contributed by atoms with van der Waals surface area (Å²) in [5.74, 6) is -3.81. The fraction of sp³-hybridized carbons (Fsp3) is 0.429. The molecule has 1 aliphatic heterocycles. The number of fused-ring (bicyclic) bond motifs is 3. The number of ketones is 1. The van der Waals surface area contributed by atoms with E-state index in [-0.39, 0.29) is 23.1 Å². The Morgan fingerprint density at radius 3 is 2.24 bits per heavy atom. The number of hydrogen-bond acceptors (Lipinski definition) is 6. The molecule has 0 amide bonds. The van der Waals surface area contributed by atoms with Crippen molar-refractivity contribution in [2.45, 2.75) is 36.8 Å². The number of ether oxygens (including phenoxy) is 1. The number of carbonyl (C=O) groups excluding carboxylic acids is 2. The molecular formula is C21H19F6NO4S. The molecule has 0 saturated carbocycles. The normalized spacial score (nSPS) is 22.7. The first kappa shape index (κ1) is 25.2. The average molecular weight is 495 g/mol. The van der Waals surface area contributed by atoms with Gasteiger partial charge in [0.15, 0.2) is 5.54 Å². The summed E-state index contributed by atoms with van der Waals surface area (Å²) < 4.78 is 88.2. The monoisotopic (exact) mass is 495 g/mol. The van der Waals surface area contributed by atoms with E-state index in [9.17, 15) is 41.0 Å². The Morgan fingerprint density at radius 1 is 1.12 bits per heavy atom. The van der Waals surface area contributed by atoms with Crippen LogP contribution in [0.2, 0.25) is 0 Å². The van der Waals surface area contributed by atoms with Crippen LogP contribution in [-0.2, 0) is 15.1 Å². The van der Waals surface area contributed by atoms with E-state index in [1.54, 1.807) is 6.26 Å². The number of hydrogen-bond donors (Lipinski definition) is 2. The van der Waals surface area contributed by atoms with Crippen LogP contribution in [0.4, 0.5) is 32.0 Å². The summed E-state index contributed by atoms with van der Waals surface area (Å²) in [5.41, 5.74) is -9.25. The Balaban J connectivity index is 2.45. The number of alkyl halides is 6. The number of esters is 1. The van der Waals surface area contributed by atoms with Crippen LogP contribution in [0.15, 0.2) is 30.3 Å². The number of thioether (sulfide) groups is 1. The van der Waals surface area contributed by atoms with Gasteiger partial charge < -0.3 is 15.2 Å². The lowest BCUT2D eigenvalue weighted by atomic mass is 9.75. The summed E-state index contributed by atoms with van der Waals surface area (Å²) in [4.78, 5) is 25.0. The van der Waals surface area contributed by atoms with Crippen LogP contribution in [0, 0.1) is 0 Å². The van der Waals surface area contributed by atoms with Gasteiger partial charge in [-0.15, -0.1) is 0 Å². The minimum atomic E-state index is -5.52. The molecule has 1 aliphatic rings. The Bertz CT molecular complexity index is 1100. The van der Waals surface area contributed by atoms with E-state index in [0.717, 1.165) is 17.8 Å². The molecule has 3 rings (SSSR count). The lowest BCUT2D eigenvalue weighted by Gasteiger charge is -2.41. The van der Waals surface area contributed by atoms with Crippen LogP contribution < -0.4 is 5.32 Å². The van der Waals surface area contributed by atoms with Gasteiger partial charge in [0.2, 0.25) is 5.60 Å². The fourth-order valence-corrected chi connectivity index (χ4v) is 4.63. The zero-order valence-electron chi connectivity index (χ0n) is 17.4. The zero-order chi connectivity index (χ0) is 24.8. The molecule has 2 aromatic carbocycles. The maximum atomic E-state index is 14.5. The van der Waals surface area contributed by atoms with Gasteiger partial charge in [-0.25, -0.2) is 4.79 Å². The van der Waals surface area contributed by atoms with Crippen LogP contribution in [-0.4, -0.2) is 53.4 Å². The third-order valence-corrected chi connectivity index (χ3v) is 6.22. The topological polar surface area (TPSA) is 75.6 Å². The van der Waals surface area contributed by atoms with E-state index >= 15 is 0 Å². The van der Waals surface area contributed by atoms with Crippen molar-refractivity contribution in [1.29, 1.82) is 0 Å². The molecule has 0 spiro atoms.